The molecule has 5 aromatic rings. The molecule has 2 aromatic heterocycles. The average molecular weight is 407 g/mol. The zero-order valence-corrected chi connectivity index (χ0v) is 16.8. The summed E-state index contributed by atoms with van der Waals surface area (Å²) in [6.45, 7) is 0.501. The minimum atomic E-state index is -0.00840. The van der Waals surface area contributed by atoms with Gasteiger partial charge in [0.05, 0.1) is 24.0 Å². The van der Waals surface area contributed by atoms with Crippen LogP contribution >= 0.6 is 0 Å². The molecule has 0 aliphatic carbocycles. The highest BCUT2D eigenvalue weighted by Gasteiger charge is 2.15. The molecule has 3 aromatic carbocycles. The van der Waals surface area contributed by atoms with Gasteiger partial charge in [0.1, 0.15) is 18.2 Å². The monoisotopic (exact) mass is 407 g/mol. The smallest absolute Gasteiger partial charge is 0.145 e. The van der Waals surface area contributed by atoms with Gasteiger partial charge in [-0.15, -0.1) is 0 Å². The first kappa shape index (κ1) is 19.0. The number of fused-ring (bicyclic) bond motifs is 1. The fourth-order valence-corrected chi connectivity index (χ4v) is 3.64. The molecule has 0 saturated heterocycles. The molecule has 0 saturated carbocycles. The van der Waals surface area contributed by atoms with E-state index in [4.69, 9.17) is 9.72 Å². The molecule has 2 heterocycles. The first-order valence-electron chi connectivity index (χ1n) is 10.1. The van der Waals surface area contributed by atoms with Crippen molar-refractivity contribution < 1.29 is 9.84 Å². The van der Waals surface area contributed by atoms with Gasteiger partial charge < -0.3 is 9.84 Å². The standard InChI is InChI=1S/C26H21N3O2/c30-17-20-8-4-9-21(14-20)25-24-16-27-12-13-29(24)26(28-25)22-10-5-11-23(15-22)31-18-19-6-2-1-3-7-19/h1-16,30H,17-18H2. The Hall–Kier alpha value is -3.96. The number of hydrogen-bond acceptors (Lipinski definition) is 4. The Morgan fingerprint density at radius 2 is 1.65 bits per heavy atom. The minimum absolute atomic E-state index is 0.00840. The Morgan fingerprint density at radius 3 is 2.52 bits per heavy atom. The van der Waals surface area contributed by atoms with Crippen LogP contribution in [0.1, 0.15) is 11.1 Å². The molecular weight excluding hydrogens is 386 g/mol. The lowest BCUT2D eigenvalue weighted by Gasteiger charge is -2.08. The average Bonchev–Trinajstić information content (AvgIpc) is 3.23. The van der Waals surface area contributed by atoms with E-state index in [0.717, 1.165) is 45.0 Å². The number of imidazole rings is 1. The highest BCUT2D eigenvalue weighted by atomic mass is 16.5. The van der Waals surface area contributed by atoms with Crippen molar-refractivity contribution in [2.75, 3.05) is 0 Å². The highest BCUT2D eigenvalue weighted by molar-refractivity contribution is 5.81. The predicted octanol–water partition coefficient (Wildman–Crippen LogP) is 5.13. The molecule has 0 aliphatic rings. The third-order valence-corrected chi connectivity index (χ3v) is 5.17. The quantitative estimate of drug-likeness (QED) is 0.424. The van der Waals surface area contributed by atoms with Gasteiger partial charge in [-0.3, -0.25) is 9.38 Å². The second kappa shape index (κ2) is 8.42. The molecule has 0 atom stereocenters. The van der Waals surface area contributed by atoms with Gasteiger partial charge in [-0.1, -0.05) is 60.7 Å². The molecule has 0 unspecified atom stereocenters. The molecule has 1 N–H and O–H groups in total. The third-order valence-electron chi connectivity index (χ3n) is 5.17. The second-order valence-corrected chi connectivity index (χ2v) is 7.28. The molecule has 5 rings (SSSR count). The zero-order valence-electron chi connectivity index (χ0n) is 16.8. The van der Waals surface area contributed by atoms with Crippen molar-refractivity contribution in [3.05, 3.63) is 109 Å². The molecule has 5 heteroatoms. The molecule has 152 valence electrons. The number of aliphatic hydroxyl groups is 1. The maximum absolute atomic E-state index is 9.52. The SMILES string of the molecule is OCc1cccc(-c2nc(-c3cccc(OCc4ccccc4)c3)n3ccncc23)c1. The number of rotatable bonds is 6. The molecule has 0 bridgehead atoms. The van der Waals surface area contributed by atoms with Gasteiger partial charge in [0.2, 0.25) is 0 Å². The van der Waals surface area contributed by atoms with E-state index >= 15 is 0 Å². The maximum Gasteiger partial charge on any atom is 0.145 e. The van der Waals surface area contributed by atoms with E-state index in [2.05, 4.69) is 4.98 Å². The van der Waals surface area contributed by atoms with E-state index in [1.54, 1.807) is 6.20 Å². The molecule has 0 aliphatic heterocycles. The first-order chi connectivity index (χ1) is 15.3. The predicted molar refractivity (Wildman–Crippen MR) is 121 cm³/mol. The molecule has 0 radical (unpaired) electrons. The van der Waals surface area contributed by atoms with E-state index in [1.807, 2.05) is 95.7 Å². The Balaban J connectivity index is 1.53. The number of aromatic nitrogens is 3. The van der Waals surface area contributed by atoms with Crippen LogP contribution in [-0.2, 0) is 13.2 Å². The van der Waals surface area contributed by atoms with Crippen LogP contribution in [0.5, 0.6) is 5.75 Å². The summed E-state index contributed by atoms with van der Waals surface area (Å²) in [6, 6.07) is 25.8. The number of aliphatic hydroxyl groups excluding tert-OH is 1. The Morgan fingerprint density at radius 1 is 0.839 bits per heavy atom. The van der Waals surface area contributed by atoms with E-state index in [-0.39, 0.29) is 6.61 Å². The fraction of sp³-hybridized carbons (Fsp3) is 0.0769. The van der Waals surface area contributed by atoms with Gasteiger partial charge in [-0.25, -0.2) is 4.98 Å². The van der Waals surface area contributed by atoms with Crippen LogP contribution in [0.4, 0.5) is 0 Å². The summed E-state index contributed by atoms with van der Waals surface area (Å²) in [5.41, 5.74) is 5.60. The van der Waals surface area contributed by atoms with Gasteiger partial charge in [0.15, 0.2) is 0 Å². The molecule has 31 heavy (non-hydrogen) atoms. The number of ether oxygens (including phenoxy) is 1. The van der Waals surface area contributed by atoms with E-state index < -0.39 is 0 Å². The Bertz CT molecular complexity index is 1330. The van der Waals surface area contributed by atoms with Gasteiger partial charge in [-0.05, 0) is 29.3 Å². The number of nitrogens with zero attached hydrogens (tertiary/aromatic N) is 3. The lowest BCUT2D eigenvalue weighted by atomic mass is 10.1. The van der Waals surface area contributed by atoms with Crippen molar-refractivity contribution in [3.63, 3.8) is 0 Å². The first-order valence-corrected chi connectivity index (χ1v) is 10.1. The van der Waals surface area contributed by atoms with Gasteiger partial charge in [-0.2, -0.15) is 0 Å². The van der Waals surface area contributed by atoms with Crippen molar-refractivity contribution in [3.8, 4) is 28.4 Å². The van der Waals surface area contributed by atoms with Gasteiger partial charge in [0.25, 0.3) is 0 Å². The molecule has 5 nitrogen and oxygen atoms in total. The number of hydrogen-bond donors (Lipinski definition) is 1. The summed E-state index contributed by atoms with van der Waals surface area (Å²) in [4.78, 5) is 9.24. The van der Waals surface area contributed by atoms with Crippen LogP contribution in [0.25, 0.3) is 28.2 Å². The molecule has 0 amide bonds. The van der Waals surface area contributed by atoms with Crippen LogP contribution in [-0.4, -0.2) is 19.5 Å². The van der Waals surface area contributed by atoms with Gasteiger partial charge in [0, 0.05) is 23.5 Å². The number of benzene rings is 3. The summed E-state index contributed by atoms with van der Waals surface area (Å²) in [5.74, 6) is 1.60. The lowest BCUT2D eigenvalue weighted by molar-refractivity contribution is 0.282. The zero-order chi connectivity index (χ0) is 21.0. The molecule has 0 fully saturated rings. The van der Waals surface area contributed by atoms with Crippen molar-refractivity contribution in [2.24, 2.45) is 0 Å². The van der Waals surface area contributed by atoms with Crippen molar-refractivity contribution >= 4 is 5.52 Å². The van der Waals surface area contributed by atoms with E-state index in [9.17, 15) is 5.11 Å². The lowest BCUT2D eigenvalue weighted by Crippen LogP contribution is -1.95. The van der Waals surface area contributed by atoms with Crippen LogP contribution in [0.15, 0.2) is 97.5 Å². The van der Waals surface area contributed by atoms with Crippen LogP contribution in [0.2, 0.25) is 0 Å². The highest BCUT2D eigenvalue weighted by Crippen LogP contribution is 2.31. The van der Waals surface area contributed by atoms with Crippen LogP contribution in [0.3, 0.4) is 0 Å². The largest absolute Gasteiger partial charge is 0.489 e. The Labute approximate surface area is 180 Å². The summed E-state index contributed by atoms with van der Waals surface area (Å²) in [7, 11) is 0. The van der Waals surface area contributed by atoms with Crippen LogP contribution in [0, 0.1) is 0 Å². The van der Waals surface area contributed by atoms with Crippen LogP contribution < -0.4 is 4.74 Å². The summed E-state index contributed by atoms with van der Waals surface area (Å²) < 4.78 is 8.04. The topological polar surface area (TPSA) is 59.7 Å². The van der Waals surface area contributed by atoms with E-state index in [0.29, 0.717) is 6.61 Å². The minimum Gasteiger partial charge on any atom is -0.489 e. The van der Waals surface area contributed by atoms with Crippen molar-refractivity contribution in [1.82, 2.24) is 14.4 Å². The Kier molecular flexibility index (Phi) is 5.17. The van der Waals surface area contributed by atoms with Crippen molar-refractivity contribution in [1.29, 1.82) is 0 Å². The maximum atomic E-state index is 9.52. The normalized spacial score (nSPS) is 11.0. The summed E-state index contributed by atoms with van der Waals surface area (Å²) in [6.07, 6.45) is 5.48. The fourth-order valence-electron chi connectivity index (χ4n) is 3.64. The molecule has 0 spiro atoms. The van der Waals surface area contributed by atoms with E-state index in [1.165, 1.54) is 0 Å². The molecular formula is C26H21N3O2. The third kappa shape index (κ3) is 3.91. The summed E-state index contributed by atoms with van der Waals surface area (Å²) >= 11 is 0. The second-order valence-electron chi connectivity index (χ2n) is 7.28. The van der Waals surface area contributed by atoms with Gasteiger partial charge >= 0.3 is 0 Å². The summed E-state index contributed by atoms with van der Waals surface area (Å²) in [5, 5.41) is 9.52. The van der Waals surface area contributed by atoms with Crippen molar-refractivity contribution in [2.45, 2.75) is 13.2 Å².